The number of carbonyl (C=O) groups is 2. The summed E-state index contributed by atoms with van der Waals surface area (Å²) >= 11 is 13.6. The first-order valence-corrected chi connectivity index (χ1v) is 10.2. The molecule has 1 N–H and O–H groups in total. The van der Waals surface area contributed by atoms with Crippen molar-refractivity contribution in [3.8, 4) is 0 Å². The van der Waals surface area contributed by atoms with E-state index in [9.17, 15) is 9.59 Å². The normalized spacial score (nSPS) is 10.5. The van der Waals surface area contributed by atoms with Crippen LogP contribution in [0.5, 0.6) is 0 Å². The quantitative estimate of drug-likeness (QED) is 0.577. The molecule has 0 spiro atoms. The molecule has 7 heteroatoms. The Hall–Kier alpha value is -2.34. The largest absolute Gasteiger partial charge is 0.347 e. The minimum absolute atomic E-state index is 0.103. The topological polar surface area (TPSA) is 49.4 Å². The molecule has 0 aliphatic carbocycles. The van der Waals surface area contributed by atoms with E-state index in [-0.39, 0.29) is 11.8 Å². The molecule has 0 unspecified atom stereocenters. The first-order chi connectivity index (χ1) is 13.5. The SMILES string of the molecule is CN(Cc1cccc(Cl)c1Cl)C(=O)c1ccc(CNC(=O)c2cccs2)cc1. The predicted octanol–water partition coefficient (Wildman–Crippen LogP) is 5.26. The van der Waals surface area contributed by atoms with E-state index in [0.29, 0.717) is 33.6 Å². The lowest BCUT2D eigenvalue weighted by molar-refractivity contribution is 0.0784. The minimum Gasteiger partial charge on any atom is -0.347 e. The van der Waals surface area contributed by atoms with Gasteiger partial charge in [0.25, 0.3) is 11.8 Å². The van der Waals surface area contributed by atoms with Gasteiger partial charge in [0.1, 0.15) is 0 Å². The van der Waals surface area contributed by atoms with E-state index in [0.717, 1.165) is 11.1 Å². The highest BCUT2D eigenvalue weighted by molar-refractivity contribution is 7.12. The molecule has 28 heavy (non-hydrogen) atoms. The fraction of sp³-hybridized carbons (Fsp3) is 0.143. The second kappa shape index (κ2) is 9.24. The molecular formula is C21H18Cl2N2O2S. The highest BCUT2D eigenvalue weighted by Crippen LogP contribution is 2.26. The molecule has 144 valence electrons. The van der Waals surface area contributed by atoms with E-state index in [4.69, 9.17) is 23.2 Å². The zero-order valence-electron chi connectivity index (χ0n) is 15.1. The highest BCUT2D eigenvalue weighted by Gasteiger charge is 2.14. The molecule has 0 aliphatic rings. The summed E-state index contributed by atoms with van der Waals surface area (Å²) < 4.78 is 0. The summed E-state index contributed by atoms with van der Waals surface area (Å²) in [4.78, 5) is 26.9. The summed E-state index contributed by atoms with van der Waals surface area (Å²) in [7, 11) is 1.72. The fourth-order valence-electron chi connectivity index (χ4n) is 2.66. The molecule has 0 bridgehead atoms. The molecule has 0 saturated carbocycles. The van der Waals surface area contributed by atoms with Crippen molar-refractivity contribution in [2.24, 2.45) is 0 Å². The number of amides is 2. The Balaban J connectivity index is 1.59. The molecule has 2 amide bonds. The molecule has 3 aromatic rings. The van der Waals surface area contributed by atoms with Crippen LogP contribution in [0.25, 0.3) is 0 Å². The van der Waals surface area contributed by atoms with Gasteiger partial charge in [0.2, 0.25) is 0 Å². The highest BCUT2D eigenvalue weighted by atomic mass is 35.5. The molecule has 4 nitrogen and oxygen atoms in total. The summed E-state index contributed by atoms with van der Waals surface area (Å²) in [6, 6.07) is 16.2. The van der Waals surface area contributed by atoms with Crippen molar-refractivity contribution in [3.63, 3.8) is 0 Å². The van der Waals surface area contributed by atoms with Gasteiger partial charge in [-0.15, -0.1) is 11.3 Å². The van der Waals surface area contributed by atoms with Crippen LogP contribution in [-0.2, 0) is 13.1 Å². The van der Waals surface area contributed by atoms with Crippen molar-refractivity contribution >= 4 is 46.4 Å². The number of thiophene rings is 1. The number of nitrogens with zero attached hydrogens (tertiary/aromatic N) is 1. The molecule has 0 radical (unpaired) electrons. The number of hydrogen-bond donors (Lipinski definition) is 1. The Labute approximate surface area is 177 Å². The average Bonchev–Trinajstić information content (AvgIpc) is 3.24. The van der Waals surface area contributed by atoms with E-state index in [1.807, 2.05) is 29.6 Å². The number of benzene rings is 2. The summed E-state index contributed by atoms with van der Waals surface area (Å²) in [5.74, 6) is -0.224. The summed E-state index contributed by atoms with van der Waals surface area (Å²) in [5, 5.41) is 5.66. The standard InChI is InChI=1S/C21H18Cl2N2O2S/c1-25(13-16-4-2-5-17(22)19(16)23)21(27)15-9-7-14(8-10-15)12-24-20(26)18-6-3-11-28-18/h2-11H,12-13H2,1H3,(H,24,26). The van der Waals surface area contributed by atoms with Gasteiger partial charge < -0.3 is 10.2 Å². The van der Waals surface area contributed by atoms with Crippen LogP contribution in [-0.4, -0.2) is 23.8 Å². The molecule has 1 heterocycles. The fourth-order valence-corrected chi connectivity index (χ4v) is 3.68. The van der Waals surface area contributed by atoms with Gasteiger partial charge in [0.05, 0.1) is 14.9 Å². The second-order valence-corrected chi connectivity index (χ2v) is 7.96. The van der Waals surface area contributed by atoms with Gasteiger partial charge in [-0.05, 0) is 40.8 Å². The summed E-state index contributed by atoms with van der Waals surface area (Å²) in [6.07, 6.45) is 0. The van der Waals surface area contributed by atoms with Crippen LogP contribution in [0.2, 0.25) is 10.0 Å². The van der Waals surface area contributed by atoms with Gasteiger partial charge in [0, 0.05) is 25.7 Å². The molecule has 0 aliphatic heterocycles. The van der Waals surface area contributed by atoms with Gasteiger partial charge >= 0.3 is 0 Å². The first-order valence-electron chi connectivity index (χ1n) is 8.54. The molecule has 2 aromatic carbocycles. The maximum Gasteiger partial charge on any atom is 0.261 e. The maximum absolute atomic E-state index is 12.7. The van der Waals surface area contributed by atoms with Crippen LogP contribution in [0.1, 0.15) is 31.2 Å². The molecule has 1 aromatic heterocycles. The van der Waals surface area contributed by atoms with E-state index in [2.05, 4.69) is 5.32 Å². The molecule has 3 rings (SSSR count). The van der Waals surface area contributed by atoms with Crippen LogP contribution >= 0.6 is 34.5 Å². The number of nitrogens with one attached hydrogen (secondary N) is 1. The molecular weight excluding hydrogens is 415 g/mol. The van der Waals surface area contributed by atoms with Gasteiger partial charge in [-0.3, -0.25) is 9.59 Å². The van der Waals surface area contributed by atoms with Crippen LogP contribution in [0.3, 0.4) is 0 Å². The Bertz CT molecular complexity index is 973. The zero-order valence-corrected chi connectivity index (χ0v) is 17.4. The third-order valence-electron chi connectivity index (χ3n) is 4.18. The first kappa shape index (κ1) is 20.4. The Morgan fingerprint density at radius 2 is 1.79 bits per heavy atom. The monoisotopic (exact) mass is 432 g/mol. The second-order valence-electron chi connectivity index (χ2n) is 6.23. The van der Waals surface area contributed by atoms with Crippen LogP contribution in [0.15, 0.2) is 60.0 Å². The Morgan fingerprint density at radius 1 is 1.04 bits per heavy atom. The van der Waals surface area contributed by atoms with E-state index < -0.39 is 0 Å². The third-order valence-corrected chi connectivity index (χ3v) is 5.91. The van der Waals surface area contributed by atoms with E-state index in [1.54, 1.807) is 42.3 Å². The molecule has 0 saturated heterocycles. The lowest BCUT2D eigenvalue weighted by Crippen LogP contribution is -2.26. The third kappa shape index (κ3) is 4.93. The summed E-state index contributed by atoms with van der Waals surface area (Å²) in [5.41, 5.74) is 2.27. The lowest BCUT2D eigenvalue weighted by atomic mass is 10.1. The van der Waals surface area contributed by atoms with Crippen molar-refractivity contribution < 1.29 is 9.59 Å². The van der Waals surface area contributed by atoms with Crippen LogP contribution in [0, 0.1) is 0 Å². The van der Waals surface area contributed by atoms with Crippen molar-refractivity contribution in [2.45, 2.75) is 13.1 Å². The number of rotatable bonds is 6. The van der Waals surface area contributed by atoms with Crippen molar-refractivity contribution in [1.82, 2.24) is 10.2 Å². The van der Waals surface area contributed by atoms with E-state index in [1.165, 1.54) is 11.3 Å². The van der Waals surface area contributed by atoms with E-state index >= 15 is 0 Å². The number of halogens is 2. The Morgan fingerprint density at radius 3 is 2.46 bits per heavy atom. The average molecular weight is 433 g/mol. The van der Waals surface area contributed by atoms with Crippen molar-refractivity contribution in [1.29, 1.82) is 0 Å². The Kier molecular flexibility index (Phi) is 6.73. The van der Waals surface area contributed by atoms with Crippen molar-refractivity contribution in [3.05, 3.63) is 91.6 Å². The number of hydrogen-bond acceptors (Lipinski definition) is 3. The van der Waals surface area contributed by atoms with Crippen LogP contribution < -0.4 is 5.32 Å². The van der Waals surface area contributed by atoms with Gasteiger partial charge in [-0.1, -0.05) is 53.5 Å². The smallest absolute Gasteiger partial charge is 0.261 e. The van der Waals surface area contributed by atoms with Crippen LogP contribution in [0.4, 0.5) is 0 Å². The predicted molar refractivity (Wildman–Crippen MR) is 114 cm³/mol. The van der Waals surface area contributed by atoms with Gasteiger partial charge in [-0.25, -0.2) is 0 Å². The van der Waals surface area contributed by atoms with Gasteiger partial charge in [0.15, 0.2) is 0 Å². The van der Waals surface area contributed by atoms with Crippen molar-refractivity contribution in [2.75, 3.05) is 7.05 Å². The maximum atomic E-state index is 12.7. The molecule has 0 fully saturated rings. The lowest BCUT2D eigenvalue weighted by Gasteiger charge is -2.18. The minimum atomic E-state index is -0.120. The molecule has 0 atom stereocenters. The zero-order chi connectivity index (χ0) is 20.1. The van der Waals surface area contributed by atoms with Gasteiger partial charge in [-0.2, -0.15) is 0 Å². The number of carbonyl (C=O) groups excluding carboxylic acids is 2. The summed E-state index contributed by atoms with van der Waals surface area (Å²) in [6.45, 7) is 0.760.